The number of anilines is 1. The summed E-state index contributed by atoms with van der Waals surface area (Å²) in [5, 5.41) is 12.1. The smallest absolute Gasteiger partial charge is 0.290 e. The van der Waals surface area contributed by atoms with Gasteiger partial charge >= 0.3 is 0 Å². The Balaban J connectivity index is 2.22. The van der Waals surface area contributed by atoms with Gasteiger partial charge in [-0.15, -0.1) is 0 Å². The van der Waals surface area contributed by atoms with E-state index in [1.165, 1.54) is 27.2 Å². The molecule has 0 aliphatic heterocycles. The van der Waals surface area contributed by atoms with Gasteiger partial charge in [0.25, 0.3) is 5.91 Å². The standard InChI is InChI=1S/C18H23N3O4S/c1-4-21(5-2)26(24,25)17-11-15(9-8-14(17)3)19-18(23)13-20-10-6-7-16(22)12-20/h6-12H,4-5,13H2,1-3H3,(H-,19,22,23)/p+1. The Labute approximate surface area is 153 Å². The molecule has 0 fully saturated rings. The third-order valence-electron chi connectivity index (χ3n) is 3.96. The van der Waals surface area contributed by atoms with Gasteiger partial charge in [-0.3, -0.25) is 4.79 Å². The SMILES string of the molecule is CCN(CC)S(=O)(=O)c1cc(NC(=O)C[n+]2cccc(O)c2)ccc1C. The van der Waals surface area contributed by atoms with Crippen molar-refractivity contribution in [3.8, 4) is 5.75 Å². The van der Waals surface area contributed by atoms with E-state index in [-0.39, 0.29) is 23.1 Å². The van der Waals surface area contributed by atoms with E-state index < -0.39 is 10.0 Å². The minimum Gasteiger partial charge on any atom is -0.503 e. The third kappa shape index (κ3) is 4.59. The van der Waals surface area contributed by atoms with Crippen molar-refractivity contribution in [2.45, 2.75) is 32.2 Å². The second kappa shape index (κ2) is 8.29. The molecule has 1 aromatic carbocycles. The molecule has 0 saturated heterocycles. The number of aromatic nitrogens is 1. The number of aromatic hydroxyl groups is 1. The molecule has 0 unspecified atom stereocenters. The fourth-order valence-corrected chi connectivity index (χ4v) is 4.34. The number of hydrogen-bond acceptors (Lipinski definition) is 4. The van der Waals surface area contributed by atoms with Crippen molar-refractivity contribution in [2.75, 3.05) is 18.4 Å². The molecule has 0 bridgehead atoms. The first-order valence-corrected chi connectivity index (χ1v) is 9.80. The van der Waals surface area contributed by atoms with Gasteiger partial charge in [0.2, 0.25) is 22.8 Å². The van der Waals surface area contributed by atoms with Gasteiger partial charge in [-0.1, -0.05) is 19.9 Å². The topological polar surface area (TPSA) is 90.6 Å². The molecule has 7 nitrogen and oxygen atoms in total. The predicted octanol–water partition coefficient (Wildman–Crippen LogP) is 1.66. The van der Waals surface area contributed by atoms with E-state index in [4.69, 9.17) is 0 Å². The van der Waals surface area contributed by atoms with E-state index in [9.17, 15) is 18.3 Å². The largest absolute Gasteiger partial charge is 0.503 e. The molecule has 8 heteroatoms. The van der Waals surface area contributed by atoms with E-state index in [0.717, 1.165) is 0 Å². The molecule has 0 radical (unpaired) electrons. The van der Waals surface area contributed by atoms with Crippen LogP contribution in [-0.4, -0.2) is 36.8 Å². The van der Waals surface area contributed by atoms with E-state index in [1.54, 1.807) is 45.2 Å². The number of nitrogens with zero attached hydrogens (tertiary/aromatic N) is 2. The van der Waals surface area contributed by atoms with E-state index in [1.807, 2.05) is 0 Å². The zero-order valence-corrected chi connectivity index (χ0v) is 16.0. The molecule has 140 valence electrons. The van der Waals surface area contributed by atoms with Crippen molar-refractivity contribution in [2.24, 2.45) is 0 Å². The van der Waals surface area contributed by atoms with Crippen LogP contribution in [-0.2, 0) is 21.4 Å². The second-order valence-corrected chi connectivity index (χ2v) is 7.76. The normalized spacial score (nSPS) is 11.5. The molecular formula is C18H24N3O4S+. The molecule has 1 heterocycles. The summed E-state index contributed by atoms with van der Waals surface area (Å²) in [5.41, 5.74) is 1.03. The Morgan fingerprint density at radius 3 is 2.54 bits per heavy atom. The Bertz CT molecular complexity index is 893. The highest BCUT2D eigenvalue weighted by atomic mass is 32.2. The number of carbonyl (C=O) groups is 1. The number of aryl methyl sites for hydroxylation is 1. The third-order valence-corrected chi connectivity index (χ3v) is 6.16. The van der Waals surface area contributed by atoms with Crippen molar-refractivity contribution in [3.63, 3.8) is 0 Å². The van der Waals surface area contributed by atoms with Crippen molar-refractivity contribution in [1.82, 2.24) is 4.31 Å². The van der Waals surface area contributed by atoms with Crippen molar-refractivity contribution in [3.05, 3.63) is 48.3 Å². The lowest BCUT2D eigenvalue weighted by molar-refractivity contribution is -0.684. The number of carbonyl (C=O) groups excluding carboxylic acids is 1. The Hall–Kier alpha value is -2.45. The highest BCUT2D eigenvalue weighted by molar-refractivity contribution is 7.89. The van der Waals surface area contributed by atoms with Gasteiger partial charge in [0, 0.05) is 24.8 Å². The lowest BCUT2D eigenvalue weighted by Gasteiger charge is -2.20. The molecule has 2 N–H and O–H groups in total. The van der Waals surface area contributed by atoms with Crippen LogP contribution in [0.5, 0.6) is 5.75 Å². The predicted molar refractivity (Wildman–Crippen MR) is 98.2 cm³/mol. The first-order chi connectivity index (χ1) is 12.3. The highest BCUT2D eigenvalue weighted by Crippen LogP contribution is 2.23. The zero-order chi connectivity index (χ0) is 19.3. The molecule has 0 atom stereocenters. The Morgan fingerprint density at radius 1 is 1.23 bits per heavy atom. The van der Waals surface area contributed by atoms with E-state index >= 15 is 0 Å². The summed E-state index contributed by atoms with van der Waals surface area (Å²) in [6.07, 6.45) is 3.09. The van der Waals surface area contributed by atoms with Crippen LogP contribution >= 0.6 is 0 Å². The zero-order valence-electron chi connectivity index (χ0n) is 15.1. The van der Waals surface area contributed by atoms with Gasteiger partial charge in [-0.25, -0.2) is 8.42 Å². The fourth-order valence-electron chi connectivity index (χ4n) is 2.63. The summed E-state index contributed by atoms with van der Waals surface area (Å²) >= 11 is 0. The average Bonchev–Trinajstić information content (AvgIpc) is 2.57. The molecule has 1 aromatic heterocycles. The number of hydrogen-bond donors (Lipinski definition) is 2. The first-order valence-electron chi connectivity index (χ1n) is 8.36. The summed E-state index contributed by atoms with van der Waals surface area (Å²) in [4.78, 5) is 12.4. The maximum Gasteiger partial charge on any atom is 0.290 e. The van der Waals surface area contributed by atoms with Crippen LogP contribution in [0.15, 0.2) is 47.6 Å². The summed E-state index contributed by atoms with van der Waals surface area (Å²) < 4.78 is 28.4. The summed E-state index contributed by atoms with van der Waals surface area (Å²) in [5.74, 6) is -0.265. The molecule has 0 spiro atoms. The molecule has 0 saturated carbocycles. The van der Waals surface area contributed by atoms with Gasteiger partial charge in [0.1, 0.15) is 0 Å². The number of nitrogens with one attached hydrogen (secondary N) is 1. The van der Waals surface area contributed by atoms with Crippen LogP contribution in [0, 0.1) is 6.92 Å². The quantitative estimate of drug-likeness (QED) is 0.717. The minimum atomic E-state index is -3.61. The second-order valence-electron chi connectivity index (χ2n) is 5.85. The summed E-state index contributed by atoms with van der Waals surface area (Å²) in [6, 6.07) is 7.96. The van der Waals surface area contributed by atoms with Gasteiger partial charge in [0.15, 0.2) is 11.9 Å². The van der Waals surface area contributed by atoms with Gasteiger partial charge in [-0.05, 0) is 30.7 Å². The average molecular weight is 378 g/mol. The monoisotopic (exact) mass is 378 g/mol. The lowest BCUT2D eigenvalue weighted by Crippen LogP contribution is -2.39. The molecule has 2 aromatic rings. The maximum atomic E-state index is 12.8. The van der Waals surface area contributed by atoms with Gasteiger partial charge in [0.05, 0.1) is 4.90 Å². The van der Waals surface area contributed by atoms with Crippen LogP contribution in [0.1, 0.15) is 19.4 Å². The molecule has 0 aliphatic carbocycles. The molecule has 1 amide bonds. The Morgan fingerprint density at radius 2 is 1.92 bits per heavy atom. The van der Waals surface area contributed by atoms with Crippen LogP contribution in [0.4, 0.5) is 5.69 Å². The number of amides is 1. The van der Waals surface area contributed by atoms with Crippen molar-refractivity contribution >= 4 is 21.6 Å². The number of pyridine rings is 1. The lowest BCUT2D eigenvalue weighted by atomic mass is 10.2. The summed E-state index contributed by atoms with van der Waals surface area (Å²) in [6.45, 7) is 6.06. The van der Waals surface area contributed by atoms with Crippen LogP contribution in [0.3, 0.4) is 0 Å². The van der Waals surface area contributed by atoms with E-state index in [0.29, 0.717) is 24.3 Å². The molecule has 2 rings (SSSR count). The summed E-state index contributed by atoms with van der Waals surface area (Å²) in [7, 11) is -3.61. The molecule has 26 heavy (non-hydrogen) atoms. The van der Waals surface area contributed by atoms with Gasteiger partial charge < -0.3 is 10.4 Å². The van der Waals surface area contributed by atoms with E-state index in [2.05, 4.69) is 5.32 Å². The molecule has 0 aliphatic rings. The number of sulfonamides is 1. The Kier molecular flexibility index (Phi) is 6.33. The molecular weight excluding hydrogens is 354 g/mol. The van der Waals surface area contributed by atoms with Crippen LogP contribution in [0.25, 0.3) is 0 Å². The van der Waals surface area contributed by atoms with Crippen molar-refractivity contribution in [1.29, 1.82) is 0 Å². The van der Waals surface area contributed by atoms with Crippen molar-refractivity contribution < 1.29 is 22.9 Å². The maximum absolute atomic E-state index is 12.8. The number of benzene rings is 1. The first kappa shape index (κ1) is 19.9. The van der Waals surface area contributed by atoms with Gasteiger partial charge in [-0.2, -0.15) is 8.87 Å². The van der Waals surface area contributed by atoms with Crippen LogP contribution in [0.2, 0.25) is 0 Å². The number of rotatable bonds is 7. The highest BCUT2D eigenvalue weighted by Gasteiger charge is 2.24. The minimum absolute atomic E-state index is 0.000402. The van der Waals surface area contributed by atoms with Crippen LogP contribution < -0.4 is 9.88 Å². The fraction of sp³-hybridized carbons (Fsp3) is 0.333.